The van der Waals surface area contributed by atoms with E-state index in [1.807, 2.05) is 0 Å². The van der Waals surface area contributed by atoms with Gasteiger partial charge in [0.05, 0.1) is 5.39 Å². The largest absolute Gasteiger partial charge is 0.573 e. The zero-order valence-corrected chi connectivity index (χ0v) is 13.7. The van der Waals surface area contributed by atoms with E-state index in [1.54, 1.807) is 0 Å². The first-order chi connectivity index (χ1) is 12.2. The van der Waals surface area contributed by atoms with Gasteiger partial charge >= 0.3 is 6.36 Å². The number of hydrogen-bond donors (Lipinski definition) is 1. The van der Waals surface area contributed by atoms with E-state index in [-0.39, 0.29) is 28.3 Å². The third-order valence-corrected chi connectivity index (χ3v) is 3.85. The monoisotopic (exact) mass is 382 g/mol. The number of alkyl halides is 3. The van der Waals surface area contributed by atoms with Gasteiger partial charge in [-0.25, -0.2) is 5.10 Å². The smallest absolute Gasteiger partial charge is 0.406 e. The quantitative estimate of drug-likeness (QED) is 0.695. The predicted octanol–water partition coefficient (Wildman–Crippen LogP) is 3.90. The molecule has 0 aliphatic carbocycles. The molecule has 0 saturated heterocycles. The fourth-order valence-electron chi connectivity index (χ4n) is 2.45. The number of aromatic nitrogens is 2. The number of benzene rings is 2. The first-order valence-electron chi connectivity index (χ1n) is 7.29. The van der Waals surface area contributed by atoms with Crippen LogP contribution in [0, 0.1) is 0 Å². The standard InChI is InChI=1S/C17H10ClF3N2O3/c18-15-12-5-4-10(8-13(12)16(25)23-22-15)14(24)7-9-2-1-3-11(6-9)26-17(19,20)21/h1-6,8H,7H2,(H,23,25). The van der Waals surface area contributed by atoms with Crippen LogP contribution in [0.15, 0.2) is 47.3 Å². The van der Waals surface area contributed by atoms with Crippen LogP contribution in [0.25, 0.3) is 10.8 Å². The van der Waals surface area contributed by atoms with Crippen LogP contribution in [0.4, 0.5) is 13.2 Å². The summed E-state index contributed by atoms with van der Waals surface area (Å²) in [7, 11) is 0. The number of ether oxygens (including phenoxy) is 1. The van der Waals surface area contributed by atoms with Crippen molar-refractivity contribution in [1.82, 2.24) is 10.2 Å². The molecule has 2 aromatic carbocycles. The third kappa shape index (κ3) is 4.02. The van der Waals surface area contributed by atoms with E-state index in [4.69, 9.17) is 11.6 Å². The average molecular weight is 383 g/mol. The zero-order chi connectivity index (χ0) is 18.9. The Bertz CT molecular complexity index is 1050. The molecule has 0 radical (unpaired) electrons. The normalized spacial score (nSPS) is 11.5. The minimum Gasteiger partial charge on any atom is -0.406 e. The molecule has 0 aliphatic heterocycles. The van der Waals surface area contributed by atoms with Crippen molar-refractivity contribution in [3.05, 3.63) is 69.1 Å². The van der Waals surface area contributed by atoms with Crippen LogP contribution in [-0.2, 0) is 6.42 Å². The van der Waals surface area contributed by atoms with E-state index in [1.165, 1.54) is 30.3 Å². The molecular formula is C17H10ClF3N2O3. The summed E-state index contributed by atoms with van der Waals surface area (Å²) in [6.45, 7) is 0. The van der Waals surface area contributed by atoms with Crippen LogP contribution in [0.5, 0.6) is 5.75 Å². The van der Waals surface area contributed by atoms with Crippen LogP contribution in [0.3, 0.4) is 0 Å². The van der Waals surface area contributed by atoms with Crippen LogP contribution in [0.1, 0.15) is 15.9 Å². The van der Waals surface area contributed by atoms with E-state index in [2.05, 4.69) is 14.9 Å². The lowest BCUT2D eigenvalue weighted by molar-refractivity contribution is -0.274. The fraction of sp³-hybridized carbons (Fsp3) is 0.118. The van der Waals surface area contributed by atoms with Crippen LogP contribution in [-0.4, -0.2) is 22.3 Å². The Hall–Kier alpha value is -2.87. The summed E-state index contributed by atoms with van der Waals surface area (Å²) in [6.07, 6.45) is -4.97. The Morgan fingerprint density at radius 2 is 1.92 bits per heavy atom. The summed E-state index contributed by atoms with van der Waals surface area (Å²) in [5.41, 5.74) is 0.0746. The number of aromatic amines is 1. The van der Waals surface area contributed by atoms with E-state index in [0.717, 1.165) is 12.1 Å². The van der Waals surface area contributed by atoms with Crippen molar-refractivity contribution in [3.8, 4) is 5.75 Å². The molecule has 0 bridgehead atoms. The van der Waals surface area contributed by atoms with Gasteiger partial charge in [0.25, 0.3) is 5.56 Å². The molecular weight excluding hydrogens is 373 g/mol. The van der Waals surface area contributed by atoms with Crippen molar-refractivity contribution >= 4 is 28.2 Å². The van der Waals surface area contributed by atoms with Gasteiger partial charge < -0.3 is 4.74 Å². The molecule has 134 valence electrons. The molecule has 26 heavy (non-hydrogen) atoms. The van der Waals surface area contributed by atoms with Gasteiger partial charge in [-0.15, -0.1) is 13.2 Å². The molecule has 0 spiro atoms. The minimum absolute atomic E-state index is 0.0931. The second kappa shape index (κ2) is 6.80. The SMILES string of the molecule is O=C(Cc1cccc(OC(F)(F)F)c1)c1ccc2c(Cl)n[nH]c(=O)c2c1. The maximum atomic E-state index is 12.4. The van der Waals surface area contributed by atoms with Crippen molar-refractivity contribution in [2.24, 2.45) is 0 Å². The highest BCUT2D eigenvalue weighted by Gasteiger charge is 2.31. The molecule has 1 aromatic heterocycles. The van der Waals surface area contributed by atoms with Crippen molar-refractivity contribution < 1.29 is 22.7 Å². The van der Waals surface area contributed by atoms with Crippen LogP contribution >= 0.6 is 11.6 Å². The van der Waals surface area contributed by atoms with Crippen LogP contribution < -0.4 is 10.3 Å². The van der Waals surface area contributed by atoms with Crippen molar-refractivity contribution in [2.75, 3.05) is 0 Å². The van der Waals surface area contributed by atoms with E-state index >= 15 is 0 Å². The van der Waals surface area contributed by atoms with E-state index in [9.17, 15) is 22.8 Å². The summed E-state index contributed by atoms with van der Waals surface area (Å²) < 4.78 is 40.7. The van der Waals surface area contributed by atoms with Gasteiger partial charge in [-0.05, 0) is 23.8 Å². The number of fused-ring (bicyclic) bond motifs is 1. The Labute approximate surface area is 149 Å². The number of rotatable bonds is 4. The first kappa shape index (κ1) is 17.9. The Kier molecular flexibility index (Phi) is 4.69. The molecule has 1 N–H and O–H groups in total. The minimum atomic E-state index is -4.81. The van der Waals surface area contributed by atoms with Gasteiger partial charge in [0.1, 0.15) is 5.75 Å². The Morgan fingerprint density at radius 3 is 2.65 bits per heavy atom. The van der Waals surface area contributed by atoms with Crippen molar-refractivity contribution in [2.45, 2.75) is 12.8 Å². The second-order valence-corrected chi connectivity index (χ2v) is 5.76. The maximum Gasteiger partial charge on any atom is 0.573 e. The van der Waals surface area contributed by atoms with E-state index < -0.39 is 17.7 Å². The van der Waals surface area contributed by atoms with Gasteiger partial charge in [-0.3, -0.25) is 9.59 Å². The highest BCUT2D eigenvalue weighted by Crippen LogP contribution is 2.24. The number of hydrogen-bond acceptors (Lipinski definition) is 4. The molecule has 0 amide bonds. The topological polar surface area (TPSA) is 72.0 Å². The molecule has 0 aliphatic rings. The fourth-order valence-corrected chi connectivity index (χ4v) is 2.65. The maximum absolute atomic E-state index is 12.4. The molecule has 3 aromatic rings. The summed E-state index contributed by atoms with van der Waals surface area (Å²) >= 11 is 5.89. The average Bonchev–Trinajstić information content (AvgIpc) is 2.57. The summed E-state index contributed by atoms with van der Waals surface area (Å²) in [4.78, 5) is 24.3. The zero-order valence-electron chi connectivity index (χ0n) is 12.9. The molecule has 0 atom stereocenters. The molecule has 0 fully saturated rings. The molecule has 0 saturated carbocycles. The Balaban J connectivity index is 1.87. The lowest BCUT2D eigenvalue weighted by Crippen LogP contribution is -2.17. The molecule has 9 heteroatoms. The van der Waals surface area contributed by atoms with Crippen molar-refractivity contribution in [1.29, 1.82) is 0 Å². The molecule has 0 unspecified atom stereocenters. The lowest BCUT2D eigenvalue weighted by atomic mass is 10.0. The lowest BCUT2D eigenvalue weighted by Gasteiger charge is -2.10. The highest BCUT2D eigenvalue weighted by molar-refractivity contribution is 6.34. The number of carbonyl (C=O) groups is 1. The molecule has 1 heterocycles. The van der Waals surface area contributed by atoms with Gasteiger partial charge in [-0.2, -0.15) is 5.10 Å². The number of carbonyl (C=O) groups excluding carboxylic acids is 1. The number of Topliss-reactive ketones (excluding diaryl/α,β-unsaturated/α-hetero) is 1. The molecule has 5 nitrogen and oxygen atoms in total. The summed E-state index contributed by atoms with van der Waals surface area (Å²) in [5, 5.41) is 6.53. The molecule has 3 rings (SSSR count). The number of halogens is 4. The van der Waals surface area contributed by atoms with Gasteiger partial charge in [0.15, 0.2) is 10.9 Å². The highest BCUT2D eigenvalue weighted by atomic mass is 35.5. The third-order valence-electron chi connectivity index (χ3n) is 3.56. The van der Waals surface area contributed by atoms with Gasteiger partial charge in [0, 0.05) is 17.4 Å². The van der Waals surface area contributed by atoms with Crippen molar-refractivity contribution in [3.63, 3.8) is 0 Å². The second-order valence-electron chi connectivity index (χ2n) is 5.40. The number of ketones is 1. The van der Waals surface area contributed by atoms with Crippen LogP contribution in [0.2, 0.25) is 5.15 Å². The first-order valence-corrected chi connectivity index (χ1v) is 7.66. The van der Waals surface area contributed by atoms with Gasteiger partial charge in [0.2, 0.25) is 0 Å². The summed E-state index contributed by atoms with van der Waals surface area (Å²) in [5.74, 6) is -0.779. The summed E-state index contributed by atoms with van der Waals surface area (Å²) in [6, 6.07) is 9.51. The number of nitrogens with zero attached hydrogens (tertiary/aromatic N) is 1. The Morgan fingerprint density at radius 1 is 1.15 bits per heavy atom. The number of nitrogens with one attached hydrogen (secondary N) is 1. The van der Waals surface area contributed by atoms with E-state index in [0.29, 0.717) is 10.9 Å². The predicted molar refractivity (Wildman–Crippen MR) is 88.5 cm³/mol. The number of H-pyrrole nitrogens is 1. The van der Waals surface area contributed by atoms with Gasteiger partial charge in [-0.1, -0.05) is 35.9 Å².